The molecule has 0 rings (SSSR count). The Hall–Kier alpha value is -0.590. The highest BCUT2D eigenvalue weighted by molar-refractivity contribution is 5.04. The molecule has 0 spiro atoms. The van der Waals surface area contributed by atoms with E-state index < -0.39 is 0 Å². The minimum Gasteiger partial charge on any atom is -0.301 e. The van der Waals surface area contributed by atoms with Gasteiger partial charge in [-0.1, -0.05) is 26.7 Å². The molecule has 0 aromatic carbocycles. The lowest BCUT2D eigenvalue weighted by molar-refractivity contribution is 0.198. The van der Waals surface area contributed by atoms with E-state index in [0.29, 0.717) is 6.04 Å². The summed E-state index contributed by atoms with van der Waals surface area (Å²) in [6.45, 7) is 14.0. The van der Waals surface area contributed by atoms with Crippen molar-refractivity contribution in [3.8, 4) is 6.07 Å². The maximum absolute atomic E-state index is 9.35. The van der Waals surface area contributed by atoms with Crippen molar-refractivity contribution in [2.45, 2.75) is 78.3 Å². The van der Waals surface area contributed by atoms with Gasteiger partial charge < -0.3 is 4.90 Å². The molecule has 3 nitrogen and oxygen atoms in total. The second-order valence-corrected chi connectivity index (χ2v) is 5.96. The fourth-order valence-corrected chi connectivity index (χ4v) is 2.15. The van der Waals surface area contributed by atoms with Gasteiger partial charge in [0.25, 0.3) is 0 Å². The number of nitriles is 1. The standard InChI is InChI=1S/C16H33N3/c1-6-8-9-12-19(15(3)4)13-10-16(5,14-17)18-11-7-2/h15,18H,6-13H2,1-5H3. The summed E-state index contributed by atoms with van der Waals surface area (Å²) in [5.74, 6) is 0. The highest BCUT2D eigenvalue weighted by atomic mass is 15.1. The zero-order valence-electron chi connectivity index (χ0n) is 13.6. The smallest absolute Gasteiger partial charge is 0.105 e. The van der Waals surface area contributed by atoms with Crippen molar-refractivity contribution in [1.29, 1.82) is 5.26 Å². The van der Waals surface area contributed by atoms with Crippen LogP contribution in [0.2, 0.25) is 0 Å². The second kappa shape index (κ2) is 10.2. The normalized spacial score (nSPS) is 14.6. The molecule has 0 radical (unpaired) electrons. The van der Waals surface area contributed by atoms with Crippen molar-refractivity contribution in [1.82, 2.24) is 10.2 Å². The summed E-state index contributed by atoms with van der Waals surface area (Å²) in [7, 11) is 0. The van der Waals surface area contributed by atoms with E-state index in [1.54, 1.807) is 0 Å². The summed E-state index contributed by atoms with van der Waals surface area (Å²) in [5.41, 5.74) is -0.381. The maximum Gasteiger partial charge on any atom is 0.105 e. The largest absolute Gasteiger partial charge is 0.301 e. The van der Waals surface area contributed by atoms with Crippen molar-refractivity contribution in [2.24, 2.45) is 0 Å². The topological polar surface area (TPSA) is 39.1 Å². The first kappa shape index (κ1) is 18.4. The highest BCUT2D eigenvalue weighted by Crippen LogP contribution is 2.12. The number of rotatable bonds is 11. The summed E-state index contributed by atoms with van der Waals surface area (Å²) < 4.78 is 0. The molecule has 1 unspecified atom stereocenters. The number of hydrogen-bond acceptors (Lipinski definition) is 3. The van der Waals surface area contributed by atoms with Crippen molar-refractivity contribution >= 4 is 0 Å². The molecule has 0 fully saturated rings. The Kier molecular flexibility index (Phi) is 9.91. The van der Waals surface area contributed by atoms with E-state index in [1.807, 2.05) is 6.92 Å². The van der Waals surface area contributed by atoms with Gasteiger partial charge in [0, 0.05) is 12.6 Å². The van der Waals surface area contributed by atoms with Crippen molar-refractivity contribution < 1.29 is 0 Å². The number of nitrogens with one attached hydrogen (secondary N) is 1. The van der Waals surface area contributed by atoms with E-state index in [0.717, 1.165) is 32.5 Å². The van der Waals surface area contributed by atoms with Gasteiger partial charge >= 0.3 is 0 Å². The van der Waals surface area contributed by atoms with Crippen LogP contribution < -0.4 is 5.32 Å². The molecule has 112 valence electrons. The van der Waals surface area contributed by atoms with E-state index in [-0.39, 0.29) is 5.54 Å². The average Bonchev–Trinajstić information content (AvgIpc) is 2.40. The third-order valence-electron chi connectivity index (χ3n) is 3.69. The quantitative estimate of drug-likeness (QED) is 0.582. The van der Waals surface area contributed by atoms with E-state index in [9.17, 15) is 5.26 Å². The van der Waals surface area contributed by atoms with Crippen LogP contribution in [0, 0.1) is 11.3 Å². The Morgan fingerprint density at radius 3 is 2.32 bits per heavy atom. The zero-order chi connectivity index (χ0) is 14.7. The molecule has 0 saturated heterocycles. The first-order chi connectivity index (χ1) is 8.99. The summed E-state index contributed by atoms with van der Waals surface area (Å²) in [6.07, 6.45) is 5.79. The fourth-order valence-electron chi connectivity index (χ4n) is 2.15. The lowest BCUT2D eigenvalue weighted by Crippen LogP contribution is -2.45. The van der Waals surface area contributed by atoms with Gasteiger partial charge in [-0.2, -0.15) is 5.26 Å². The van der Waals surface area contributed by atoms with E-state index in [4.69, 9.17) is 0 Å². The van der Waals surface area contributed by atoms with Crippen LogP contribution in [0.15, 0.2) is 0 Å². The molecule has 0 saturated carbocycles. The van der Waals surface area contributed by atoms with Crippen LogP contribution in [0.5, 0.6) is 0 Å². The van der Waals surface area contributed by atoms with Gasteiger partial charge in [0.15, 0.2) is 0 Å². The SMILES string of the molecule is CCCCCN(CCC(C)(C#N)NCCC)C(C)C. The molecule has 0 heterocycles. The molecule has 0 aliphatic heterocycles. The van der Waals surface area contributed by atoms with E-state index in [2.05, 4.69) is 44.0 Å². The molecule has 0 aromatic heterocycles. The molecule has 1 N–H and O–H groups in total. The Labute approximate surface area is 120 Å². The molecular formula is C16H33N3. The summed E-state index contributed by atoms with van der Waals surface area (Å²) >= 11 is 0. The minimum atomic E-state index is -0.381. The first-order valence-corrected chi connectivity index (χ1v) is 7.89. The first-order valence-electron chi connectivity index (χ1n) is 7.89. The van der Waals surface area contributed by atoms with Gasteiger partial charge in [0.2, 0.25) is 0 Å². The summed E-state index contributed by atoms with van der Waals surface area (Å²) in [5, 5.41) is 12.7. The van der Waals surface area contributed by atoms with Gasteiger partial charge in [0.1, 0.15) is 5.54 Å². The maximum atomic E-state index is 9.35. The predicted octanol–water partition coefficient (Wildman–Crippen LogP) is 3.56. The van der Waals surface area contributed by atoms with Gasteiger partial charge in [-0.05, 0) is 53.1 Å². The Bertz CT molecular complexity index is 257. The van der Waals surface area contributed by atoms with E-state index in [1.165, 1.54) is 19.3 Å². The van der Waals surface area contributed by atoms with Crippen molar-refractivity contribution in [3.05, 3.63) is 0 Å². The fraction of sp³-hybridized carbons (Fsp3) is 0.938. The third kappa shape index (κ3) is 8.23. The van der Waals surface area contributed by atoms with Gasteiger partial charge in [-0.25, -0.2) is 0 Å². The van der Waals surface area contributed by atoms with Crippen molar-refractivity contribution in [2.75, 3.05) is 19.6 Å². The number of hydrogen-bond donors (Lipinski definition) is 1. The number of nitrogens with zero attached hydrogens (tertiary/aromatic N) is 2. The summed E-state index contributed by atoms with van der Waals surface area (Å²) in [6, 6.07) is 3.00. The molecule has 0 bridgehead atoms. The zero-order valence-corrected chi connectivity index (χ0v) is 13.6. The summed E-state index contributed by atoms with van der Waals surface area (Å²) in [4.78, 5) is 2.50. The third-order valence-corrected chi connectivity index (χ3v) is 3.69. The van der Waals surface area contributed by atoms with Gasteiger partial charge in [0.05, 0.1) is 6.07 Å². The lowest BCUT2D eigenvalue weighted by Gasteiger charge is -2.31. The van der Waals surface area contributed by atoms with Gasteiger partial charge in [-0.3, -0.25) is 5.32 Å². The van der Waals surface area contributed by atoms with Crippen LogP contribution in [-0.4, -0.2) is 36.1 Å². The minimum absolute atomic E-state index is 0.381. The predicted molar refractivity (Wildman–Crippen MR) is 83.2 cm³/mol. The molecule has 0 aliphatic carbocycles. The van der Waals surface area contributed by atoms with Crippen LogP contribution in [0.3, 0.4) is 0 Å². The second-order valence-electron chi connectivity index (χ2n) is 5.96. The van der Waals surface area contributed by atoms with Crippen LogP contribution in [0.4, 0.5) is 0 Å². The highest BCUT2D eigenvalue weighted by Gasteiger charge is 2.24. The molecule has 0 aromatic rings. The molecule has 0 aliphatic rings. The Balaban J connectivity index is 4.24. The molecule has 1 atom stereocenters. The lowest BCUT2D eigenvalue weighted by atomic mass is 9.99. The molecule has 3 heteroatoms. The van der Waals surface area contributed by atoms with Crippen molar-refractivity contribution in [3.63, 3.8) is 0 Å². The van der Waals surface area contributed by atoms with E-state index >= 15 is 0 Å². The number of unbranched alkanes of at least 4 members (excludes halogenated alkanes) is 2. The van der Waals surface area contributed by atoms with Crippen LogP contribution in [0.25, 0.3) is 0 Å². The van der Waals surface area contributed by atoms with Crippen LogP contribution in [0.1, 0.15) is 66.7 Å². The van der Waals surface area contributed by atoms with Crippen LogP contribution in [-0.2, 0) is 0 Å². The Morgan fingerprint density at radius 2 is 1.84 bits per heavy atom. The van der Waals surface area contributed by atoms with Crippen LogP contribution >= 0.6 is 0 Å². The van der Waals surface area contributed by atoms with Gasteiger partial charge in [-0.15, -0.1) is 0 Å². The Morgan fingerprint density at radius 1 is 1.16 bits per heavy atom. The molecule has 19 heavy (non-hydrogen) atoms. The molecule has 0 amide bonds. The molecular weight excluding hydrogens is 234 g/mol. The average molecular weight is 267 g/mol. The monoisotopic (exact) mass is 267 g/mol.